The lowest BCUT2D eigenvalue weighted by Gasteiger charge is -2.42. The number of morpholine rings is 1. The lowest BCUT2D eigenvalue weighted by molar-refractivity contribution is -0.122. The molecule has 4 rings (SSSR count). The second-order valence-electron chi connectivity index (χ2n) is 10.2. The average Bonchev–Trinajstić information content (AvgIpc) is 2.96. The average molecular weight is 492 g/mol. The van der Waals surface area contributed by atoms with Crippen molar-refractivity contribution in [2.45, 2.75) is 63.4 Å². The maximum atomic E-state index is 11.6. The van der Waals surface area contributed by atoms with E-state index < -0.39 is 11.6 Å². The molecule has 1 aromatic rings. The van der Waals surface area contributed by atoms with Gasteiger partial charge in [0.2, 0.25) is 5.91 Å². The molecule has 3 heterocycles. The Morgan fingerprint density at radius 1 is 1.26 bits per heavy atom. The lowest BCUT2D eigenvalue weighted by atomic mass is 9.85. The Labute approximate surface area is 208 Å². The van der Waals surface area contributed by atoms with Gasteiger partial charge in [0.1, 0.15) is 6.61 Å². The summed E-state index contributed by atoms with van der Waals surface area (Å²) < 4.78 is 23.3. The first-order valence-corrected chi connectivity index (χ1v) is 12.8. The molecule has 0 aliphatic carbocycles. The van der Waals surface area contributed by atoms with Crippen LogP contribution in [0.3, 0.4) is 0 Å². The molecule has 2 N–H and O–H groups in total. The fraction of sp³-hybridized carbons (Fsp3) is 0.731. The molecule has 0 bridgehead atoms. The third-order valence-electron chi connectivity index (χ3n) is 7.44. The molecule has 9 heteroatoms. The van der Waals surface area contributed by atoms with Crippen LogP contribution >= 0.6 is 0 Å². The van der Waals surface area contributed by atoms with Crippen LogP contribution < -0.4 is 14.8 Å². The van der Waals surface area contributed by atoms with E-state index in [1.165, 1.54) is 6.92 Å². The van der Waals surface area contributed by atoms with Gasteiger partial charge in [-0.3, -0.25) is 14.6 Å². The van der Waals surface area contributed by atoms with Gasteiger partial charge in [0.25, 0.3) is 0 Å². The van der Waals surface area contributed by atoms with Gasteiger partial charge in [0.15, 0.2) is 11.5 Å². The van der Waals surface area contributed by atoms with Gasteiger partial charge < -0.3 is 29.4 Å². The number of amides is 1. The number of ether oxygens (including phenoxy) is 4. The summed E-state index contributed by atoms with van der Waals surface area (Å²) in [6.07, 6.45) is 2.58. The summed E-state index contributed by atoms with van der Waals surface area (Å²) in [5, 5.41) is 14.1. The molecule has 9 nitrogen and oxygen atoms in total. The van der Waals surface area contributed by atoms with E-state index >= 15 is 0 Å². The lowest BCUT2D eigenvalue weighted by Crippen LogP contribution is -2.55. The Kier molecular flexibility index (Phi) is 8.88. The van der Waals surface area contributed by atoms with Crippen LogP contribution in [0.4, 0.5) is 0 Å². The van der Waals surface area contributed by atoms with Crippen molar-refractivity contribution in [2.75, 3.05) is 59.7 Å². The van der Waals surface area contributed by atoms with Gasteiger partial charge in [-0.25, -0.2) is 0 Å². The van der Waals surface area contributed by atoms with Crippen molar-refractivity contribution in [2.24, 2.45) is 0 Å². The molecular formula is C26H41N3O6. The van der Waals surface area contributed by atoms with Crippen molar-refractivity contribution in [3.05, 3.63) is 23.8 Å². The van der Waals surface area contributed by atoms with Gasteiger partial charge in [-0.05, 0) is 50.4 Å². The number of piperidine rings is 1. The first-order valence-electron chi connectivity index (χ1n) is 12.8. The van der Waals surface area contributed by atoms with Gasteiger partial charge >= 0.3 is 0 Å². The van der Waals surface area contributed by atoms with Gasteiger partial charge in [0.05, 0.1) is 44.7 Å². The Balaban J connectivity index is 1.39. The van der Waals surface area contributed by atoms with E-state index in [-0.39, 0.29) is 18.1 Å². The van der Waals surface area contributed by atoms with Gasteiger partial charge in [-0.2, -0.15) is 0 Å². The van der Waals surface area contributed by atoms with E-state index in [0.717, 1.165) is 75.8 Å². The van der Waals surface area contributed by atoms with Crippen molar-refractivity contribution >= 4 is 5.91 Å². The number of nitrogens with one attached hydrogen (secondary N) is 1. The minimum absolute atomic E-state index is 0.0404. The highest BCUT2D eigenvalue weighted by Crippen LogP contribution is 2.35. The zero-order chi connectivity index (χ0) is 24.8. The Bertz CT molecular complexity index is 844. The van der Waals surface area contributed by atoms with E-state index in [0.29, 0.717) is 19.6 Å². The van der Waals surface area contributed by atoms with Gasteiger partial charge in [0, 0.05) is 39.1 Å². The highest BCUT2D eigenvalue weighted by molar-refractivity contribution is 5.73. The molecule has 3 aliphatic heterocycles. The third kappa shape index (κ3) is 6.86. The zero-order valence-corrected chi connectivity index (χ0v) is 21.3. The fourth-order valence-electron chi connectivity index (χ4n) is 5.42. The first kappa shape index (κ1) is 26.2. The molecule has 0 saturated carbocycles. The molecule has 0 spiro atoms. The van der Waals surface area contributed by atoms with Crippen LogP contribution in [0.15, 0.2) is 18.2 Å². The van der Waals surface area contributed by atoms with Crippen molar-refractivity contribution in [1.82, 2.24) is 15.1 Å². The number of rotatable bonds is 8. The van der Waals surface area contributed by atoms with E-state index in [1.807, 2.05) is 12.1 Å². The largest absolute Gasteiger partial charge is 0.493 e. The molecule has 35 heavy (non-hydrogen) atoms. The molecular weight excluding hydrogens is 450 g/mol. The van der Waals surface area contributed by atoms with Crippen LogP contribution in [0.5, 0.6) is 11.5 Å². The summed E-state index contributed by atoms with van der Waals surface area (Å²) >= 11 is 0. The number of aliphatic hydroxyl groups is 1. The number of hydrogen-bond acceptors (Lipinski definition) is 8. The van der Waals surface area contributed by atoms with Crippen molar-refractivity contribution < 1.29 is 28.8 Å². The minimum atomic E-state index is -1.05. The molecule has 1 amide bonds. The highest BCUT2D eigenvalue weighted by atomic mass is 16.5. The number of likely N-dealkylation sites (tertiary alicyclic amines) is 1. The number of nitrogens with zero attached hydrogens (tertiary/aromatic N) is 2. The third-order valence-corrected chi connectivity index (χ3v) is 7.44. The number of fused-ring (bicyclic) bond motifs is 1. The summed E-state index contributed by atoms with van der Waals surface area (Å²) in [7, 11) is 1.67. The summed E-state index contributed by atoms with van der Waals surface area (Å²) in [6.45, 7) is 10.2. The number of carbonyl (C=O) groups is 1. The highest BCUT2D eigenvalue weighted by Gasteiger charge is 2.44. The van der Waals surface area contributed by atoms with Crippen LogP contribution in [-0.4, -0.2) is 104 Å². The molecule has 3 saturated heterocycles. The molecule has 0 unspecified atom stereocenters. The summed E-state index contributed by atoms with van der Waals surface area (Å²) in [5.41, 5.74) is 0.0848. The molecule has 0 aromatic heterocycles. The fourth-order valence-corrected chi connectivity index (χ4v) is 5.42. The molecule has 3 fully saturated rings. The quantitative estimate of drug-likeness (QED) is 0.564. The van der Waals surface area contributed by atoms with Crippen LogP contribution in [0.2, 0.25) is 0 Å². The van der Waals surface area contributed by atoms with Gasteiger partial charge in [-0.1, -0.05) is 6.07 Å². The Morgan fingerprint density at radius 2 is 2.06 bits per heavy atom. The Hall–Kier alpha value is -1.91. The molecule has 0 radical (unpaired) electrons. The molecule has 1 aromatic carbocycles. The normalized spacial score (nSPS) is 30.2. The maximum Gasteiger partial charge on any atom is 0.217 e. The molecule has 3 aliphatic rings. The summed E-state index contributed by atoms with van der Waals surface area (Å²) in [4.78, 5) is 16.4. The SMILES string of the molecule is COc1cc(CN2CCC[C@H]3OC[C@@H](NC(C)=O)[C@](C)(O)C[C@H]32)ccc1OCCN1CCOCC1. The van der Waals surface area contributed by atoms with Crippen LogP contribution in [-0.2, 0) is 20.8 Å². The number of hydrogen-bond donors (Lipinski definition) is 2. The first-order chi connectivity index (χ1) is 16.9. The number of benzene rings is 1. The number of methoxy groups -OCH3 is 1. The van der Waals surface area contributed by atoms with E-state index in [2.05, 4.69) is 21.2 Å². The monoisotopic (exact) mass is 491 g/mol. The summed E-state index contributed by atoms with van der Waals surface area (Å²) in [5.74, 6) is 1.33. The molecule has 196 valence electrons. The second-order valence-corrected chi connectivity index (χ2v) is 10.2. The minimum Gasteiger partial charge on any atom is -0.493 e. The van der Waals surface area contributed by atoms with E-state index in [9.17, 15) is 9.90 Å². The van der Waals surface area contributed by atoms with Crippen LogP contribution in [0.1, 0.15) is 38.7 Å². The van der Waals surface area contributed by atoms with Crippen LogP contribution in [0, 0.1) is 0 Å². The summed E-state index contributed by atoms with van der Waals surface area (Å²) in [6, 6.07) is 5.78. The zero-order valence-electron chi connectivity index (χ0n) is 21.3. The van der Waals surface area contributed by atoms with E-state index in [4.69, 9.17) is 18.9 Å². The van der Waals surface area contributed by atoms with Crippen molar-refractivity contribution in [3.63, 3.8) is 0 Å². The van der Waals surface area contributed by atoms with Crippen molar-refractivity contribution in [1.29, 1.82) is 0 Å². The van der Waals surface area contributed by atoms with E-state index in [1.54, 1.807) is 14.0 Å². The number of carbonyl (C=O) groups excluding carboxylic acids is 1. The van der Waals surface area contributed by atoms with Gasteiger partial charge in [-0.15, -0.1) is 0 Å². The van der Waals surface area contributed by atoms with Crippen molar-refractivity contribution in [3.8, 4) is 11.5 Å². The van der Waals surface area contributed by atoms with Crippen LogP contribution in [0.25, 0.3) is 0 Å². The predicted octanol–water partition coefficient (Wildman–Crippen LogP) is 1.42. The topological polar surface area (TPSA) is 92.7 Å². The molecule has 4 atom stereocenters. The Morgan fingerprint density at radius 3 is 2.80 bits per heavy atom. The predicted molar refractivity (Wildman–Crippen MR) is 132 cm³/mol. The second kappa shape index (κ2) is 11.9. The standard InChI is InChI=1S/C26H41N3O6/c1-19(30)27-25-18-35-22-5-4-8-29(21(22)16-26(25,2)31)17-20-6-7-23(24(15-20)32-3)34-14-11-28-9-12-33-13-10-28/h6-7,15,21-22,25,31H,4-5,8-14,16-18H2,1-3H3,(H,27,30)/t21-,22-,25-,26-/m1/s1. The smallest absolute Gasteiger partial charge is 0.217 e. The maximum absolute atomic E-state index is 11.6.